The first kappa shape index (κ1) is 46.6. The Balaban J connectivity index is 3.62. The van der Waals surface area contributed by atoms with Crippen LogP contribution < -0.4 is 5.32 Å². The minimum absolute atomic E-state index is 0.0790. The molecule has 0 rings (SSSR count). The minimum atomic E-state index is -0.862. The summed E-state index contributed by atoms with van der Waals surface area (Å²) in [6.07, 6.45) is 52.5. The van der Waals surface area contributed by atoms with Crippen LogP contribution in [0.5, 0.6) is 0 Å². The monoisotopic (exact) mass is 674 g/mol. The van der Waals surface area contributed by atoms with Crippen molar-refractivity contribution in [2.45, 2.75) is 231 Å². The first-order valence-electron chi connectivity index (χ1n) is 21.2. The second-order valence-electron chi connectivity index (χ2n) is 14.4. The van der Waals surface area contributed by atoms with Crippen molar-refractivity contribution in [2.24, 2.45) is 0 Å². The molecule has 2 atom stereocenters. The summed E-state index contributed by atoms with van der Waals surface area (Å²) < 4.78 is 0. The average molecular weight is 674 g/mol. The van der Waals surface area contributed by atoms with Crippen LogP contribution in [0, 0.1) is 0 Å². The molecule has 0 spiro atoms. The fraction of sp³-hybridized carbons (Fsp3) is 0.841. The smallest absolute Gasteiger partial charge is 0.220 e. The van der Waals surface area contributed by atoms with Crippen molar-refractivity contribution >= 4 is 5.91 Å². The van der Waals surface area contributed by atoms with E-state index >= 15 is 0 Å². The Hall–Kier alpha value is -1.39. The van der Waals surface area contributed by atoms with Gasteiger partial charge in [-0.25, -0.2) is 0 Å². The van der Waals surface area contributed by atoms with E-state index in [2.05, 4.69) is 43.5 Å². The second-order valence-corrected chi connectivity index (χ2v) is 14.4. The van der Waals surface area contributed by atoms with Crippen LogP contribution >= 0.6 is 0 Å². The molecule has 0 bridgehead atoms. The molecule has 0 aliphatic carbocycles. The zero-order chi connectivity index (χ0) is 35.0. The van der Waals surface area contributed by atoms with Crippen molar-refractivity contribution in [3.05, 3.63) is 36.5 Å². The number of hydrogen-bond donors (Lipinski definition) is 3. The van der Waals surface area contributed by atoms with Crippen molar-refractivity contribution in [2.75, 3.05) is 6.61 Å². The van der Waals surface area contributed by atoms with E-state index in [9.17, 15) is 15.0 Å². The first-order chi connectivity index (χ1) is 23.7. The zero-order valence-corrected chi connectivity index (χ0v) is 32.3. The molecule has 0 radical (unpaired) electrons. The van der Waals surface area contributed by atoms with Crippen LogP contribution in [-0.2, 0) is 4.79 Å². The highest BCUT2D eigenvalue weighted by atomic mass is 16.3. The van der Waals surface area contributed by atoms with Crippen LogP contribution in [0.1, 0.15) is 219 Å². The van der Waals surface area contributed by atoms with Crippen LogP contribution in [0.15, 0.2) is 36.5 Å². The van der Waals surface area contributed by atoms with Crippen LogP contribution in [0.3, 0.4) is 0 Å². The van der Waals surface area contributed by atoms with E-state index in [1.54, 1.807) is 6.08 Å². The molecule has 4 heteroatoms. The lowest BCUT2D eigenvalue weighted by atomic mass is 10.0. The third-order valence-corrected chi connectivity index (χ3v) is 9.60. The van der Waals surface area contributed by atoms with E-state index in [4.69, 9.17) is 0 Å². The molecule has 0 heterocycles. The Labute approximate surface area is 300 Å². The summed E-state index contributed by atoms with van der Waals surface area (Å²) in [5, 5.41) is 23.0. The van der Waals surface area contributed by atoms with Gasteiger partial charge in [0.15, 0.2) is 0 Å². The number of carbonyl (C=O) groups is 1. The molecule has 0 fully saturated rings. The summed E-state index contributed by atoms with van der Waals surface area (Å²) in [7, 11) is 0. The fourth-order valence-corrected chi connectivity index (χ4v) is 6.31. The number of rotatable bonds is 38. The molecule has 0 saturated carbocycles. The highest BCUT2D eigenvalue weighted by Crippen LogP contribution is 2.14. The fourth-order valence-electron chi connectivity index (χ4n) is 6.31. The van der Waals surface area contributed by atoms with Gasteiger partial charge in [-0.2, -0.15) is 0 Å². The normalized spacial score (nSPS) is 13.3. The van der Waals surface area contributed by atoms with Gasteiger partial charge in [0.2, 0.25) is 5.91 Å². The van der Waals surface area contributed by atoms with E-state index in [-0.39, 0.29) is 12.5 Å². The van der Waals surface area contributed by atoms with Gasteiger partial charge in [-0.3, -0.25) is 4.79 Å². The maximum atomic E-state index is 12.3. The van der Waals surface area contributed by atoms with E-state index in [0.29, 0.717) is 6.42 Å². The summed E-state index contributed by atoms with van der Waals surface area (Å²) in [5.74, 6) is -0.0790. The lowest BCUT2D eigenvalue weighted by molar-refractivity contribution is -0.123. The number of amides is 1. The summed E-state index contributed by atoms with van der Waals surface area (Å²) in [4.78, 5) is 12.3. The van der Waals surface area contributed by atoms with Crippen molar-refractivity contribution < 1.29 is 15.0 Å². The molecule has 282 valence electrons. The Kier molecular flexibility index (Phi) is 38.9. The number of carbonyl (C=O) groups excluding carboxylic acids is 1. The quantitative estimate of drug-likeness (QED) is 0.0451. The molecule has 4 nitrogen and oxygen atoms in total. The Morgan fingerprint density at radius 2 is 0.812 bits per heavy atom. The van der Waals surface area contributed by atoms with Gasteiger partial charge < -0.3 is 15.5 Å². The predicted molar refractivity (Wildman–Crippen MR) is 212 cm³/mol. The Morgan fingerprint density at radius 3 is 1.23 bits per heavy atom. The molecule has 2 unspecified atom stereocenters. The van der Waals surface area contributed by atoms with Gasteiger partial charge in [0.25, 0.3) is 0 Å². The molecular formula is C44H83NO3. The van der Waals surface area contributed by atoms with Crippen molar-refractivity contribution in [3.63, 3.8) is 0 Å². The van der Waals surface area contributed by atoms with Crippen LogP contribution in [0.2, 0.25) is 0 Å². The number of hydrogen-bond acceptors (Lipinski definition) is 3. The molecule has 48 heavy (non-hydrogen) atoms. The number of unbranched alkanes of at least 4 members (excludes halogenated alkanes) is 27. The molecule has 3 N–H and O–H groups in total. The minimum Gasteiger partial charge on any atom is -0.394 e. The Bertz CT molecular complexity index is 731. The first-order valence-corrected chi connectivity index (χ1v) is 21.2. The topological polar surface area (TPSA) is 69.6 Å². The lowest BCUT2D eigenvalue weighted by Gasteiger charge is -2.19. The van der Waals surface area contributed by atoms with E-state index in [1.807, 2.05) is 6.08 Å². The summed E-state index contributed by atoms with van der Waals surface area (Å²) in [6.45, 7) is 4.29. The van der Waals surface area contributed by atoms with Crippen molar-refractivity contribution in [1.29, 1.82) is 0 Å². The van der Waals surface area contributed by atoms with Crippen LogP contribution in [0.4, 0.5) is 0 Å². The van der Waals surface area contributed by atoms with Crippen LogP contribution in [0.25, 0.3) is 0 Å². The third-order valence-electron chi connectivity index (χ3n) is 9.60. The van der Waals surface area contributed by atoms with Gasteiger partial charge in [-0.15, -0.1) is 0 Å². The summed E-state index contributed by atoms with van der Waals surface area (Å²) in [5.41, 5.74) is 0. The third kappa shape index (κ3) is 35.9. The van der Waals surface area contributed by atoms with Crippen molar-refractivity contribution in [1.82, 2.24) is 5.32 Å². The molecule has 0 aliphatic rings. The van der Waals surface area contributed by atoms with Crippen LogP contribution in [-0.4, -0.2) is 34.9 Å². The highest BCUT2D eigenvalue weighted by molar-refractivity contribution is 5.76. The lowest BCUT2D eigenvalue weighted by Crippen LogP contribution is -2.45. The summed E-state index contributed by atoms with van der Waals surface area (Å²) >= 11 is 0. The SMILES string of the molecule is CCCCCC/C=C\CCCCCCCCCC(=O)NC(CO)C(O)/C=C/CC/C=C/CCCCCCCCCCCCCCCCC. The molecule has 0 saturated heterocycles. The molecule has 0 aromatic carbocycles. The maximum absolute atomic E-state index is 12.3. The maximum Gasteiger partial charge on any atom is 0.220 e. The average Bonchev–Trinajstić information content (AvgIpc) is 3.09. The largest absolute Gasteiger partial charge is 0.394 e. The molecule has 0 aromatic heterocycles. The molecular weight excluding hydrogens is 590 g/mol. The number of aliphatic hydroxyl groups is 2. The predicted octanol–water partition coefficient (Wildman–Crippen LogP) is 13.0. The van der Waals surface area contributed by atoms with Gasteiger partial charge in [-0.05, 0) is 57.8 Å². The number of nitrogens with one attached hydrogen (secondary N) is 1. The van der Waals surface area contributed by atoms with E-state index < -0.39 is 12.1 Å². The highest BCUT2D eigenvalue weighted by Gasteiger charge is 2.17. The molecule has 0 aromatic rings. The Morgan fingerprint density at radius 1 is 0.479 bits per heavy atom. The van der Waals surface area contributed by atoms with Gasteiger partial charge in [-0.1, -0.05) is 192 Å². The van der Waals surface area contributed by atoms with Gasteiger partial charge in [0.05, 0.1) is 18.8 Å². The van der Waals surface area contributed by atoms with E-state index in [1.165, 1.54) is 167 Å². The summed E-state index contributed by atoms with van der Waals surface area (Å²) in [6, 6.07) is -0.639. The second kappa shape index (κ2) is 40.0. The zero-order valence-electron chi connectivity index (χ0n) is 32.3. The van der Waals surface area contributed by atoms with Gasteiger partial charge >= 0.3 is 0 Å². The van der Waals surface area contributed by atoms with Gasteiger partial charge in [0, 0.05) is 6.42 Å². The molecule has 0 aliphatic heterocycles. The molecule has 1 amide bonds. The number of aliphatic hydroxyl groups excluding tert-OH is 2. The van der Waals surface area contributed by atoms with E-state index in [0.717, 1.165) is 32.1 Å². The van der Waals surface area contributed by atoms with Crippen molar-refractivity contribution in [3.8, 4) is 0 Å². The number of allylic oxidation sites excluding steroid dienone is 5. The van der Waals surface area contributed by atoms with Gasteiger partial charge in [0.1, 0.15) is 0 Å². The standard InChI is InChI=1S/C44H83NO3/c1-3-5-7-9-11-13-15-17-19-20-21-22-23-24-26-27-29-31-33-35-37-39-43(47)42(41-46)45-44(48)40-38-36-34-32-30-28-25-18-16-14-12-10-8-6-4-2/h14,16,29,31,37,39,42-43,46-47H,3-13,15,17-28,30,32-36,38,40-41H2,1-2H3,(H,45,48)/b16-14-,31-29+,39-37+.